The second-order valence-electron chi connectivity index (χ2n) is 5.21. The molecule has 0 radical (unpaired) electrons. The summed E-state index contributed by atoms with van der Waals surface area (Å²) in [6.45, 7) is 8.42. The van der Waals surface area contributed by atoms with Crippen LogP contribution in [0.25, 0.3) is 0 Å². The van der Waals surface area contributed by atoms with Crippen LogP contribution in [0.15, 0.2) is 36.4 Å². The summed E-state index contributed by atoms with van der Waals surface area (Å²) < 4.78 is 15.4. The molecule has 0 saturated heterocycles. The van der Waals surface area contributed by atoms with Crippen molar-refractivity contribution < 1.29 is 28.7 Å². The van der Waals surface area contributed by atoms with Gasteiger partial charge in [-0.1, -0.05) is 6.58 Å². The highest BCUT2D eigenvalue weighted by Gasteiger charge is 2.47. The minimum absolute atomic E-state index is 0.0749. The number of esters is 2. The summed E-state index contributed by atoms with van der Waals surface area (Å²) in [5.74, 6) is -1.21. The zero-order valence-electron chi connectivity index (χ0n) is 14.4. The molecule has 0 aliphatic rings. The minimum Gasteiger partial charge on any atom is -0.489 e. The van der Waals surface area contributed by atoms with E-state index in [-0.39, 0.29) is 31.1 Å². The molecule has 8 heteroatoms. The summed E-state index contributed by atoms with van der Waals surface area (Å²) >= 11 is 0. The van der Waals surface area contributed by atoms with Crippen LogP contribution in [0.1, 0.15) is 20.8 Å². The van der Waals surface area contributed by atoms with Crippen molar-refractivity contribution >= 4 is 17.6 Å². The third kappa shape index (κ3) is 4.79. The number of carbonyl (C=O) groups is 2. The maximum absolute atomic E-state index is 12.2. The summed E-state index contributed by atoms with van der Waals surface area (Å²) in [5.41, 5.74) is -1.62. The van der Waals surface area contributed by atoms with Crippen molar-refractivity contribution in [3.63, 3.8) is 0 Å². The SMILES string of the molecule is C=C(COc1ccc([N+](=O)[O-])cc1)C(C)(C(=O)OCC)C(=O)OCC. The number of nitro groups is 1. The molecule has 8 nitrogen and oxygen atoms in total. The molecule has 0 aliphatic carbocycles. The Labute approximate surface area is 145 Å². The lowest BCUT2D eigenvalue weighted by Crippen LogP contribution is -2.42. The number of ether oxygens (including phenoxy) is 3. The van der Waals surface area contributed by atoms with Crippen molar-refractivity contribution in [2.24, 2.45) is 5.41 Å². The quantitative estimate of drug-likeness (QED) is 0.221. The van der Waals surface area contributed by atoms with Gasteiger partial charge in [-0.15, -0.1) is 0 Å². The van der Waals surface area contributed by atoms with Crippen LogP contribution in [0.3, 0.4) is 0 Å². The van der Waals surface area contributed by atoms with E-state index in [0.717, 1.165) is 0 Å². The zero-order chi connectivity index (χ0) is 19.0. The van der Waals surface area contributed by atoms with E-state index >= 15 is 0 Å². The summed E-state index contributed by atoms with van der Waals surface area (Å²) in [7, 11) is 0. The van der Waals surface area contributed by atoms with Crippen LogP contribution in [0, 0.1) is 15.5 Å². The van der Waals surface area contributed by atoms with E-state index in [0.29, 0.717) is 5.75 Å². The van der Waals surface area contributed by atoms with Gasteiger partial charge < -0.3 is 14.2 Å². The van der Waals surface area contributed by atoms with E-state index in [1.807, 2.05) is 0 Å². The Bertz CT molecular complexity index is 633. The van der Waals surface area contributed by atoms with Crippen LogP contribution in [0.2, 0.25) is 0 Å². The molecule has 1 aromatic rings. The van der Waals surface area contributed by atoms with Crippen molar-refractivity contribution in [1.29, 1.82) is 0 Å². The Kier molecular flexibility index (Phi) is 7.10. The number of rotatable bonds is 9. The van der Waals surface area contributed by atoms with Gasteiger partial charge in [-0.25, -0.2) is 0 Å². The Balaban J connectivity index is 2.89. The van der Waals surface area contributed by atoms with Gasteiger partial charge in [-0.2, -0.15) is 0 Å². The molecule has 0 fully saturated rings. The second-order valence-corrected chi connectivity index (χ2v) is 5.21. The lowest BCUT2D eigenvalue weighted by atomic mass is 9.83. The van der Waals surface area contributed by atoms with Gasteiger partial charge in [0, 0.05) is 12.1 Å². The molecule has 0 heterocycles. The predicted octanol–water partition coefficient (Wildman–Crippen LogP) is 2.66. The second kappa shape index (κ2) is 8.81. The van der Waals surface area contributed by atoms with Crippen LogP contribution in [-0.4, -0.2) is 36.7 Å². The summed E-state index contributed by atoms with van der Waals surface area (Å²) in [6, 6.07) is 5.40. The summed E-state index contributed by atoms with van der Waals surface area (Å²) in [4.78, 5) is 34.6. The van der Waals surface area contributed by atoms with Crippen LogP contribution in [-0.2, 0) is 19.1 Å². The first-order valence-corrected chi connectivity index (χ1v) is 7.67. The number of nitrogens with zero attached hydrogens (tertiary/aromatic N) is 1. The van der Waals surface area contributed by atoms with Crippen LogP contribution >= 0.6 is 0 Å². The largest absolute Gasteiger partial charge is 0.489 e. The van der Waals surface area contributed by atoms with Gasteiger partial charge in [0.1, 0.15) is 12.4 Å². The molecule has 1 aromatic carbocycles. The molecule has 0 aliphatic heterocycles. The van der Waals surface area contributed by atoms with Gasteiger partial charge in [-0.05, 0) is 38.5 Å². The summed E-state index contributed by atoms with van der Waals surface area (Å²) in [5, 5.41) is 10.6. The average Bonchev–Trinajstić information content (AvgIpc) is 2.59. The monoisotopic (exact) mass is 351 g/mol. The van der Waals surface area contributed by atoms with Gasteiger partial charge in [0.25, 0.3) is 5.69 Å². The van der Waals surface area contributed by atoms with Gasteiger partial charge in [0.15, 0.2) is 5.41 Å². The fourth-order valence-electron chi connectivity index (χ4n) is 1.90. The standard InChI is InChI=1S/C17H21NO7/c1-5-23-15(19)17(4,16(20)24-6-2)12(3)11-25-14-9-7-13(8-10-14)18(21)22/h7-10H,3,5-6,11H2,1-2,4H3. The van der Waals surface area contributed by atoms with E-state index < -0.39 is 22.3 Å². The van der Waals surface area contributed by atoms with Crippen LogP contribution in [0.4, 0.5) is 5.69 Å². The van der Waals surface area contributed by atoms with Crippen molar-refractivity contribution in [1.82, 2.24) is 0 Å². The lowest BCUT2D eigenvalue weighted by Gasteiger charge is -2.27. The molecule has 0 atom stereocenters. The van der Waals surface area contributed by atoms with E-state index in [1.54, 1.807) is 13.8 Å². The zero-order valence-corrected chi connectivity index (χ0v) is 14.4. The molecular formula is C17H21NO7. The van der Waals surface area contributed by atoms with Gasteiger partial charge in [0.2, 0.25) is 0 Å². The fraction of sp³-hybridized carbons (Fsp3) is 0.412. The number of benzene rings is 1. The van der Waals surface area contributed by atoms with E-state index in [2.05, 4.69) is 6.58 Å². The molecule has 0 saturated carbocycles. The molecule has 0 aromatic heterocycles. The minimum atomic E-state index is -1.70. The smallest absolute Gasteiger partial charge is 0.327 e. The Morgan fingerprint density at radius 3 is 2.00 bits per heavy atom. The topological polar surface area (TPSA) is 105 Å². The third-order valence-electron chi connectivity index (χ3n) is 3.54. The van der Waals surface area contributed by atoms with E-state index in [4.69, 9.17) is 14.2 Å². The van der Waals surface area contributed by atoms with Gasteiger partial charge in [-0.3, -0.25) is 19.7 Å². The first kappa shape index (κ1) is 20.1. The Morgan fingerprint density at radius 2 is 1.60 bits per heavy atom. The molecule has 0 N–H and O–H groups in total. The van der Waals surface area contributed by atoms with Gasteiger partial charge >= 0.3 is 11.9 Å². The predicted molar refractivity (Wildman–Crippen MR) is 89.1 cm³/mol. The molecule has 1 rings (SSSR count). The highest BCUT2D eigenvalue weighted by Crippen LogP contribution is 2.30. The number of nitro benzene ring substituents is 1. The Morgan fingerprint density at radius 1 is 1.12 bits per heavy atom. The number of hydrogen-bond acceptors (Lipinski definition) is 7. The molecule has 0 spiro atoms. The Hall–Kier alpha value is -2.90. The highest BCUT2D eigenvalue weighted by atomic mass is 16.6. The molecule has 25 heavy (non-hydrogen) atoms. The third-order valence-corrected chi connectivity index (χ3v) is 3.54. The van der Waals surface area contributed by atoms with Gasteiger partial charge in [0.05, 0.1) is 18.1 Å². The van der Waals surface area contributed by atoms with E-state index in [9.17, 15) is 19.7 Å². The maximum atomic E-state index is 12.2. The molecular weight excluding hydrogens is 330 g/mol. The van der Waals surface area contributed by atoms with E-state index in [1.165, 1.54) is 31.2 Å². The average molecular weight is 351 g/mol. The first-order chi connectivity index (χ1) is 11.8. The van der Waals surface area contributed by atoms with Crippen molar-refractivity contribution in [3.8, 4) is 5.75 Å². The van der Waals surface area contributed by atoms with Crippen molar-refractivity contribution in [2.75, 3.05) is 19.8 Å². The maximum Gasteiger partial charge on any atom is 0.327 e. The number of carbonyl (C=O) groups excluding carboxylic acids is 2. The van der Waals surface area contributed by atoms with Crippen molar-refractivity contribution in [3.05, 3.63) is 46.5 Å². The molecule has 136 valence electrons. The lowest BCUT2D eigenvalue weighted by molar-refractivity contribution is -0.384. The fourth-order valence-corrected chi connectivity index (χ4v) is 1.90. The normalized spacial score (nSPS) is 10.7. The molecule has 0 unspecified atom stereocenters. The number of non-ortho nitro benzene ring substituents is 1. The number of hydrogen-bond donors (Lipinski definition) is 0. The molecule has 0 bridgehead atoms. The molecule has 0 amide bonds. The highest BCUT2D eigenvalue weighted by molar-refractivity contribution is 6.03. The van der Waals surface area contributed by atoms with Crippen LogP contribution in [0.5, 0.6) is 5.75 Å². The summed E-state index contributed by atoms with van der Waals surface area (Å²) in [6.07, 6.45) is 0. The first-order valence-electron chi connectivity index (χ1n) is 7.67. The van der Waals surface area contributed by atoms with Crippen molar-refractivity contribution in [2.45, 2.75) is 20.8 Å². The van der Waals surface area contributed by atoms with Crippen LogP contribution < -0.4 is 4.74 Å².